The third-order valence-electron chi connectivity index (χ3n) is 1.77. The number of thiol groups is 1. The minimum Gasteiger partial charge on any atom is -0.143 e. The van der Waals surface area contributed by atoms with Crippen LogP contribution in [0.2, 0.25) is 0 Å². The SMILES string of the molecule is CC.Sc1cccc2ccccc12. The first kappa shape index (κ1) is 10.1. The van der Waals surface area contributed by atoms with Crippen molar-refractivity contribution in [3.05, 3.63) is 42.5 Å². The van der Waals surface area contributed by atoms with Crippen LogP contribution >= 0.6 is 12.6 Å². The summed E-state index contributed by atoms with van der Waals surface area (Å²) in [4.78, 5) is 1.04. The van der Waals surface area contributed by atoms with Crippen LogP contribution in [0.15, 0.2) is 47.4 Å². The molecule has 0 amide bonds. The lowest BCUT2D eigenvalue weighted by atomic mass is 10.1. The Morgan fingerprint density at radius 3 is 2.15 bits per heavy atom. The minimum atomic E-state index is 1.04. The van der Waals surface area contributed by atoms with Crippen LogP contribution < -0.4 is 0 Å². The normalized spacial score (nSPS) is 9.15. The highest BCUT2D eigenvalue weighted by Gasteiger charge is 1.92. The zero-order chi connectivity index (χ0) is 9.68. The van der Waals surface area contributed by atoms with Gasteiger partial charge < -0.3 is 0 Å². The Kier molecular flexibility index (Phi) is 3.84. The van der Waals surface area contributed by atoms with E-state index in [4.69, 9.17) is 0 Å². The molecule has 0 atom stereocenters. The Balaban J connectivity index is 0.000000396. The number of hydrogen-bond acceptors (Lipinski definition) is 1. The average molecular weight is 190 g/mol. The summed E-state index contributed by atoms with van der Waals surface area (Å²) in [6.07, 6.45) is 0. The molecule has 0 radical (unpaired) electrons. The molecule has 0 heterocycles. The maximum absolute atomic E-state index is 4.35. The molecule has 2 rings (SSSR count). The Bertz CT molecular complexity index is 374. The Morgan fingerprint density at radius 1 is 0.846 bits per heavy atom. The van der Waals surface area contributed by atoms with Gasteiger partial charge in [-0.2, -0.15) is 0 Å². The molecule has 13 heavy (non-hydrogen) atoms. The van der Waals surface area contributed by atoms with Gasteiger partial charge in [0.15, 0.2) is 0 Å². The van der Waals surface area contributed by atoms with Crippen molar-refractivity contribution in [1.82, 2.24) is 0 Å². The molecule has 0 bridgehead atoms. The van der Waals surface area contributed by atoms with Crippen molar-refractivity contribution < 1.29 is 0 Å². The zero-order valence-electron chi connectivity index (χ0n) is 7.99. The van der Waals surface area contributed by atoms with Gasteiger partial charge in [0, 0.05) is 4.90 Å². The highest BCUT2D eigenvalue weighted by Crippen LogP contribution is 2.20. The molecule has 0 saturated heterocycles. The molecule has 2 aromatic rings. The predicted octanol–water partition coefficient (Wildman–Crippen LogP) is 4.15. The maximum Gasteiger partial charge on any atom is 0.0119 e. The second kappa shape index (κ2) is 4.93. The van der Waals surface area contributed by atoms with Gasteiger partial charge in [-0.15, -0.1) is 12.6 Å². The quantitative estimate of drug-likeness (QED) is 0.593. The monoisotopic (exact) mass is 190 g/mol. The molecule has 2 aromatic carbocycles. The Hall–Kier alpha value is -0.950. The molecule has 0 spiro atoms. The van der Waals surface area contributed by atoms with Crippen molar-refractivity contribution in [2.75, 3.05) is 0 Å². The molecule has 0 N–H and O–H groups in total. The van der Waals surface area contributed by atoms with E-state index in [-0.39, 0.29) is 0 Å². The van der Waals surface area contributed by atoms with E-state index >= 15 is 0 Å². The summed E-state index contributed by atoms with van der Waals surface area (Å²) in [6.45, 7) is 4.00. The molecule has 68 valence electrons. The van der Waals surface area contributed by atoms with E-state index < -0.39 is 0 Å². The number of rotatable bonds is 0. The van der Waals surface area contributed by atoms with Crippen molar-refractivity contribution in [2.24, 2.45) is 0 Å². The van der Waals surface area contributed by atoms with Crippen LogP contribution in [0.1, 0.15) is 13.8 Å². The van der Waals surface area contributed by atoms with E-state index in [1.54, 1.807) is 0 Å². The number of fused-ring (bicyclic) bond motifs is 1. The Morgan fingerprint density at radius 2 is 1.46 bits per heavy atom. The topological polar surface area (TPSA) is 0 Å². The van der Waals surface area contributed by atoms with Crippen molar-refractivity contribution in [3.63, 3.8) is 0 Å². The molecular weight excluding hydrogens is 176 g/mol. The van der Waals surface area contributed by atoms with E-state index in [9.17, 15) is 0 Å². The second-order valence-corrected chi connectivity index (χ2v) is 2.98. The summed E-state index contributed by atoms with van der Waals surface area (Å²) in [5, 5.41) is 2.47. The van der Waals surface area contributed by atoms with Gasteiger partial charge in [-0.05, 0) is 16.8 Å². The fourth-order valence-corrected chi connectivity index (χ4v) is 1.50. The van der Waals surface area contributed by atoms with Crippen LogP contribution in [-0.4, -0.2) is 0 Å². The van der Waals surface area contributed by atoms with Gasteiger partial charge in [-0.1, -0.05) is 50.2 Å². The fraction of sp³-hybridized carbons (Fsp3) is 0.167. The van der Waals surface area contributed by atoms with Crippen molar-refractivity contribution >= 4 is 23.4 Å². The first-order chi connectivity index (χ1) is 6.38. The minimum absolute atomic E-state index is 1.04. The lowest BCUT2D eigenvalue weighted by Gasteiger charge is -1.98. The van der Waals surface area contributed by atoms with E-state index in [1.165, 1.54) is 10.8 Å². The molecule has 0 nitrogen and oxygen atoms in total. The van der Waals surface area contributed by atoms with E-state index in [0.29, 0.717) is 0 Å². The van der Waals surface area contributed by atoms with Gasteiger partial charge in [0.1, 0.15) is 0 Å². The standard InChI is InChI=1S/C10H8S.C2H6/c11-10-7-3-5-8-4-1-2-6-9(8)10;1-2/h1-7,11H;1-2H3. The summed E-state index contributed by atoms with van der Waals surface area (Å²) in [6, 6.07) is 14.4. The molecule has 0 aliphatic heterocycles. The molecule has 0 aliphatic rings. The molecule has 0 aromatic heterocycles. The molecular formula is C12H14S. The van der Waals surface area contributed by atoms with Gasteiger partial charge >= 0.3 is 0 Å². The van der Waals surface area contributed by atoms with Crippen molar-refractivity contribution in [2.45, 2.75) is 18.7 Å². The average Bonchev–Trinajstić information content (AvgIpc) is 2.22. The molecule has 1 heteroatoms. The molecule has 0 aliphatic carbocycles. The third-order valence-corrected chi connectivity index (χ3v) is 2.16. The van der Waals surface area contributed by atoms with Crippen molar-refractivity contribution in [1.29, 1.82) is 0 Å². The highest BCUT2D eigenvalue weighted by molar-refractivity contribution is 7.80. The van der Waals surface area contributed by atoms with Crippen LogP contribution in [0.5, 0.6) is 0 Å². The summed E-state index contributed by atoms with van der Waals surface area (Å²) >= 11 is 4.35. The van der Waals surface area contributed by atoms with Crippen LogP contribution in [-0.2, 0) is 0 Å². The van der Waals surface area contributed by atoms with E-state index in [0.717, 1.165) is 4.90 Å². The van der Waals surface area contributed by atoms with Gasteiger partial charge in [0.2, 0.25) is 0 Å². The highest BCUT2D eigenvalue weighted by atomic mass is 32.1. The van der Waals surface area contributed by atoms with Crippen LogP contribution in [0.25, 0.3) is 10.8 Å². The fourth-order valence-electron chi connectivity index (χ4n) is 1.21. The van der Waals surface area contributed by atoms with Gasteiger partial charge in [-0.25, -0.2) is 0 Å². The van der Waals surface area contributed by atoms with Crippen LogP contribution in [0.3, 0.4) is 0 Å². The zero-order valence-corrected chi connectivity index (χ0v) is 8.88. The smallest absolute Gasteiger partial charge is 0.0119 e. The Labute approximate surface area is 85.0 Å². The lowest BCUT2D eigenvalue weighted by molar-refractivity contribution is 1.50. The maximum atomic E-state index is 4.35. The lowest BCUT2D eigenvalue weighted by Crippen LogP contribution is -1.71. The van der Waals surface area contributed by atoms with Crippen LogP contribution in [0.4, 0.5) is 0 Å². The van der Waals surface area contributed by atoms with Gasteiger partial charge in [0.25, 0.3) is 0 Å². The molecule has 0 saturated carbocycles. The number of benzene rings is 2. The summed E-state index contributed by atoms with van der Waals surface area (Å²) in [5.74, 6) is 0. The molecule has 0 fully saturated rings. The first-order valence-electron chi connectivity index (χ1n) is 4.54. The van der Waals surface area contributed by atoms with E-state index in [2.05, 4.69) is 30.8 Å². The number of hydrogen-bond donors (Lipinski definition) is 1. The summed E-state index contributed by atoms with van der Waals surface area (Å²) in [5.41, 5.74) is 0. The second-order valence-electron chi connectivity index (χ2n) is 2.50. The summed E-state index contributed by atoms with van der Waals surface area (Å²) in [7, 11) is 0. The first-order valence-corrected chi connectivity index (χ1v) is 4.99. The van der Waals surface area contributed by atoms with Crippen molar-refractivity contribution in [3.8, 4) is 0 Å². The predicted molar refractivity (Wildman–Crippen MR) is 62.5 cm³/mol. The van der Waals surface area contributed by atoms with Crippen LogP contribution in [0, 0.1) is 0 Å². The van der Waals surface area contributed by atoms with Gasteiger partial charge in [-0.3, -0.25) is 0 Å². The summed E-state index contributed by atoms with van der Waals surface area (Å²) < 4.78 is 0. The van der Waals surface area contributed by atoms with Gasteiger partial charge in [0.05, 0.1) is 0 Å². The largest absolute Gasteiger partial charge is 0.143 e. The van der Waals surface area contributed by atoms with E-state index in [1.807, 2.05) is 38.1 Å². The third kappa shape index (κ3) is 2.25. The molecule has 0 unspecified atom stereocenters.